The number of hydrogen-bond donors (Lipinski definition) is 4. The molecule has 4 N–H and O–H groups in total. The van der Waals surface area contributed by atoms with Gasteiger partial charge in [0.15, 0.2) is 5.82 Å². The summed E-state index contributed by atoms with van der Waals surface area (Å²) in [6.45, 7) is 0. The van der Waals surface area contributed by atoms with Gasteiger partial charge in [-0.2, -0.15) is 5.10 Å². The average molecular weight is 371 g/mol. The first kappa shape index (κ1) is 16.9. The van der Waals surface area contributed by atoms with Crippen molar-refractivity contribution in [2.24, 2.45) is 5.92 Å². The molecular formula is C19H19ClN4O2. The lowest BCUT2D eigenvalue weighted by Gasteiger charge is -2.33. The number of phenols is 1. The quantitative estimate of drug-likeness (QED) is 0.565. The number of carbonyl (C=O) groups is 1. The normalized spacial score (nSPS) is 19.3. The van der Waals surface area contributed by atoms with Gasteiger partial charge in [-0.1, -0.05) is 17.7 Å². The average Bonchev–Trinajstić information content (AvgIpc) is 2.96. The summed E-state index contributed by atoms with van der Waals surface area (Å²) in [5, 5.41) is 24.1. The molecule has 0 bridgehead atoms. The van der Waals surface area contributed by atoms with Crippen LogP contribution in [0, 0.1) is 5.92 Å². The first-order chi connectivity index (χ1) is 12.5. The number of aromatic amines is 1. The number of nitrogens with zero attached hydrogens (tertiary/aromatic N) is 1. The monoisotopic (exact) mass is 370 g/mol. The van der Waals surface area contributed by atoms with Crippen LogP contribution in [0.3, 0.4) is 0 Å². The molecule has 0 unspecified atom stereocenters. The van der Waals surface area contributed by atoms with Gasteiger partial charge >= 0.3 is 0 Å². The highest BCUT2D eigenvalue weighted by Gasteiger charge is 2.33. The van der Waals surface area contributed by atoms with Crippen molar-refractivity contribution in [3.8, 4) is 16.9 Å². The Hall–Kier alpha value is -2.57. The third-order valence-corrected chi connectivity index (χ3v) is 5.30. The molecule has 0 atom stereocenters. The molecule has 2 aromatic carbocycles. The Morgan fingerprint density at radius 3 is 2.81 bits per heavy atom. The predicted molar refractivity (Wildman–Crippen MR) is 102 cm³/mol. The van der Waals surface area contributed by atoms with E-state index >= 15 is 0 Å². The van der Waals surface area contributed by atoms with Crippen LogP contribution < -0.4 is 10.6 Å². The Bertz CT molecular complexity index is 979. The van der Waals surface area contributed by atoms with E-state index in [4.69, 9.17) is 11.6 Å². The second-order valence-corrected chi connectivity index (χ2v) is 7.05. The van der Waals surface area contributed by atoms with Gasteiger partial charge in [0.2, 0.25) is 5.91 Å². The molecule has 1 fully saturated rings. The second-order valence-electron chi connectivity index (χ2n) is 6.64. The number of halogens is 1. The van der Waals surface area contributed by atoms with Gasteiger partial charge in [-0.05, 0) is 55.8 Å². The lowest BCUT2D eigenvalue weighted by Crippen LogP contribution is -2.44. The van der Waals surface area contributed by atoms with E-state index in [-0.39, 0.29) is 17.6 Å². The number of amides is 1. The fourth-order valence-corrected chi connectivity index (χ4v) is 3.59. The zero-order valence-corrected chi connectivity index (χ0v) is 15.0. The van der Waals surface area contributed by atoms with E-state index in [0.717, 1.165) is 34.9 Å². The molecule has 0 spiro atoms. The highest BCUT2D eigenvalue weighted by molar-refractivity contribution is 6.33. The van der Waals surface area contributed by atoms with Gasteiger partial charge in [-0.3, -0.25) is 9.89 Å². The molecule has 1 aromatic heterocycles. The molecule has 7 heteroatoms. The standard InChI is InChI=1S/C19H19ClN4O2/c1-21-12-6-11(7-12)19(26)22-18-15-8-10(2-5-17(15)23-24-18)14-4-3-13(25)9-16(14)20/h2-5,8-9,11-12,21,25H,6-7H2,1H3,(H2,22,23,24,26). The van der Waals surface area contributed by atoms with Crippen molar-refractivity contribution in [3.05, 3.63) is 41.4 Å². The molecule has 1 heterocycles. The van der Waals surface area contributed by atoms with Crippen LogP contribution in [0.4, 0.5) is 5.82 Å². The summed E-state index contributed by atoms with van der Waals surface area (Å²) in [6, 6.07) is 11.1. The topological polar surface area (TPSA) is 90.0 Å². The maximum Gasteiger partial charge on any atom is 0.228 e. The summed E-state index contributed by atoms with van der Waals surface area (Å²) in [5.41, 5.74) is 2.53. The first-order valence-corrected chi connectivity index (χ1v) is 8.88. The molecule has 134 valence electrons. The predicted octanol–water partition coefficient (Wildman–Crippen LogP) is 3.53. The molecule has 6 nitrogen and oxygen atoms in total. The molecule has 1 aliphatic carbocycles. The van der Waals surface area contributed by atoms with Crippen molar-refractivity contribution in [3.63, 3.8) is 0 Å². The van der Waals surface area contributed by atoms with Gasteiger partial charge < -0.3 is 15.7 Å². The number of benzene rings is 2. The van der Waals surface area contributed by atoms with E-state index in [1.165, 1.54) is 6.07 Å². The van der Waals surface area contributed by atoms with E-state index in [1.807, 2.05) is 25.2 Å². The Kier molecular flexibility index (Phi) is 4.30. The van der Waals surface area contributed by atoms with Crippen LogP contribution in [-0.2, 0) is 4.79 Å². The Morgan fingerprint density at radius 1 is 1.27 bits per heavy atom. The largest absolute Gasteiger partial charge is 0.508 e. The summed E-state index contributed by atoms with van der Waals surface area (Å²) in [5.74, 6) is 0.665. The van der Waals surface area contributed by atoms with E-state index in [1.54, 1.807) is 12.1 Å². The molecule has 1 amide bonds. The van der Waals surface area contributed by atoms with Crippen molar-refractivity contribution in [2.45, 2.75) is 18.9 Å². The van der Waals surface area contributed by atoms with E-state index in [9.17, 15) is 9.90 Å². The molecule has 3 aromatic rings. The molecule has 0 radical (unpaired) electrons. The second kappa shape index (κ2) is 6.63. The van der Waals surface area contributed by atoms with Gasteiger partial charge in [-0.25, -0.2) is 0 Å². The zero-order chi connectivity index (χ0) is 18.3. The van der Waals surface area contributed by atoms with Crippen LogP contribution in [0.1, 0.15) is 12.8 Å². The number of rotatable bonds is 4. The van der Waals surface area contributed by atoms with Crippen molar-refractivity contribution < 1.29 is 9.90 Å². The summed E-state index contributed by atoms with van der Waals surface area (Å²) in [4.78, 5) is 12.4. The molecule has 26 heavy (non-hydrogen) atoms. The zero-order valence-electron chi connectivity index (χ0n) is 14.2. The third-order valence-electron chi connectivity index (χ3n) is 4.99. The lowest BCUT2D eigenvalue weighted by atomic mass is 9.80. The Labute approximate surface area is 155 Å². The minimum Gasteiger partial charge on any atom is -0.508 e. The molecule has 1 aliphatic rings. The van der Waals surface area contributed by atoms with E-state index in [2.05, 4.69) is 20.8 Å². The summed E-state index contributed by atoms with van der Waals surface area (Å²) in [6.07, 6.45) is 1.69. The number of phenolic OH excluding ortho intramolecular Hbond substituents is 1. The highest BCUT2D eigenvalue weighted by Crippen LogP contribution is 2.34. The molecule has 0 aliphatic heterocycles. The number of anilines is 1. The number of H-pyrrole nitrogens is 1. The van der Waals surface area contributed by atoms with Crippen molar-refractivity contribution in [1.82, 2.24) is 15.5 Å². The number of fused-ring (bicyclic) bond motifs is 1. The van der Waals surface area contributed by atoms with Crippen molar-refractivity contribution in [1.29, 1.82) is 0 Å². The Balaban J connectivity index is 1.62. The van der Waals surface area contributed by atoms with Gasteiger partial charge in [0.05, 0.1) is 10.5 Å². The SMILES string of the molecule is CNC1CC(C(=O)Nc2n[nH]c3ccc(-c4ccc(O)cc4Cl)cc23)C1. The van der Waals surface area contributed by atoms with Gasteiger partial charge in [0, 0.05) is 22.9 Å². The molecule has 1 saturated carbocycles. The van der Waals surface area contributed by atoms with Crippen LogP contribution in [0.25, 0.3) is 22.0 Å². The van der Waals surface area contributed by atoms with Crippen LogP contribution in [0.15, 0.2) is 36.4 Å². The fraction of sp³-hybridized carbons (Fsp3) is 0.263. The summed E-state index contributed by atoms with van der Waals surface area (Å²) in [7, 11) is 1.91. The molecule has 4 rings (SSSR count). The number of hydrogen-bond acceptors (Lipinski definition) is 4. The number of nitrogens with one attached hydrogen (secondary N) is 3. The smallest absolute Gasteiger partial charge is 0.228 e. The fourth-order valence-electron chi connectivity index (χ4n) is 3.30. The Morgan fingerprint density at radius 2 is 2.08 bits per heavy atom. The minimum atomic E-state index is -0.00188. The molecule has 0 saturated heterocycles. The van der Waals surface area contributed by atoms with Gasteiger partial charge in [0.25, 0.3) is 0 Å². The van der Waals surface area contributed by atoms with Crippen molar-refractivity contribution in [2.75, 3.05) is 12.4 Å². The maximum absolute atomic E-state index is 12.4. The van der Waals surface area contributed by atoms with E-state index in [0.29, 0.717) is 16.9 Å². The van der Waals surface area contributed by atoms with Crippen LogP contribution in [0.2, 0.25) is 5.02 Å². The minimum absolute atomic E-state index is 0.00188. The summed E-state index contributed by atoms with van der Waals surface area (Å²) < 4.78 is 0. The van der Waals surface area contributed by atoms with Gasteiger partial charge in [-0.15, -0.1) is 0 Å². The number of aromatic nitrogens is 2. The molecular weight excluding hydrogens is 352 g/mol. The number of carbonyl (C=O) groups excluding carboxylic acids is 1. The van der Waals surface area contributed by atoms with Gasteiger partial charge in [0.1, 0.15) is 5.75 Å². The lowest BCUT2D eigenvalue weighted by molar-refractivity contribution is -0.122. The number of aromatic hydroxyl groups is 1. The van der Waals surface area contributed by atoms with E-state index < -0.39 is 0 Å². The maximum atomic E-state index is 12.4. The third kappa shape index (κ3) is 3.02. The summed E-state index contributed by atoms with van der Waals surface area (Å²) >= 11 is 6.25. The van der Waals surface area contributed by atoms with Crippen LogP contribution in [0.5, 0.6) is 5.75 Å². The highest BCUT2D eigenvalue weighted by atomic mass is 35.5. The van der Waals surface area contributed by atoms with Crippen molar-refractivity contribution >= 4 is 34.2 Å². The van der Waals surface area contributed by atoms with Crippen LogP contribution >= 0.6 is 11.6 Å². The van der Waals surface area contributed by atoms with Crippen LogP contribution in [-0.4, -0.2) is 34.3 Å². The first-order valence-electron chi connectivity index (χ1n) is 8.50.